The zero-order valence-electron chi connectivity index (χ0n) is 10.9. The Morgan fingerprint density at radius 3 is 1.71 bits per heavy atom. The molecule has 1 heterocycles. The largest absolute Gasteiger partial charge is 0.449 e. The normalized spacial score (nSPS) is 20.5. The lowest BCUT2D eigenvalue weighted by molar-refractivity contribution is 0.572. The van der Waals surface area contributed by atoms with Gasteiger partial charge >= 0.3 is 0 Å². The van der Waals surface area contributed by atoms with Gasteiger partial charge in [-0.3, -0.25) is 0 Å². The fraction of sp³-hybridized carbons (Fsp3) is 0.286. The van der Waals surface area contributed by atoms with Crippen LogP contribution >= 0.6 is 0 Å². The minimum atomic E-state index is -1.72. The summed E-state index contributed by atoms with van der Waals surface area (Å²) < 4.78 is 6.56. The van der Waals surface area contributed by atoms with Gasteiger partial charge in [-0.25, -0.2) is 0 Å². The summed E-state index contributed by atoms with van der Waals surface area (Å²) in [6, 6.07) is 13.3. The highest BCUT2D eigenvalue weighted by molar-refractivity contribution is 7.01. The van der Waals surface area contributed by atoms with Crippen molar-refractivity contribution in [1.82, 2.24) is 0 Å². The highest BCUT2D eigenvalue weighted by atomic mass is 28.4. The Balaban J connectivity index is 2.50. The molecule has 0 atom stereocenters. The smallest absolute Gasteiger partial charge is 0.206 e. The summed E-state index contributed by atoms with van der Waals surface area (Å²) in [7, 11) is -3.43. The molecule has 0 bridgehead atoms. The topological polar surface area (TPSA) is 9.23 Å². The van der Waals surface area contributed by atoms with Crippen molar-refractivity contribution < 1.29 is 4.12 Å². The lowest BCUT2D eigenvalue weighted by atomic mass is 10.1. The Kier molecular flexibility index (Phi) is 2.18. The molecule has 1 aliphatic heterocycles. The van der Waals surface area contributed by atoms with Crippen molar-refractivity contribution in [3.05, 3.63) is 36.4 Å². The Labute approximate surface area is 105 Å². The third-order valence-electron chi connectivity index (χ3n) is 3.71. The zero-order valence-corrected chi connectivity index (χ0v) is 12.9. The van der Waals surface area contributed by atoms with Gasteiger partial charge < -0.3 is 4.12 Å². The Hall–Kier alpha value is -0.906. The first-order valence-electron chi connectivity index (χ1n) is 6.15. The average molecular weight is 258 g/mol. The van der Waals surface area contributed by atoms with E-state index in [1.54, 1.807) is 0 Å². The van der Waals surface area contributed by atoms with E-state index in [4.69, 9.17) is 4.12 Å². The van der Waals surface area contributed by atoms with Crippen molar-refractivity contribution in [2.75, 3.05) is 0 Å². The van der Waals surface area contributed by atoms with Gasteiger partial charge in [-0.15, -0.1) is 0 Å². The van der Waals surface area contributed by atoms with E-state index in [1.165, 1.54) is 21.1 Å². The molecule has 17 heavy (non-hydrogen) atoms. The number of hydrogen-bond acceptors (Lipinski definition) is 1. The Morgan fingerprint density at radius 1 is 0.765 bits per heavy atom. The lowest BCUT2D eigenvalue weighted by Crippen LogP contribution is -2.63. The van der Waals surface area contributed by atoms with Crippen LogP contribution in [0.2, 0.25) is 26.2 Å². The van der Waals surface area contributed by atoms with Crippen molar-refractivity contribution in [2.24, 2.45) is 0 Å². The van der Waals surface area contributed by atoms with Gasteiger partial charge in [-0.1, -0.05) is 36.4 Å². The second kappa shape index (κ2) is 3.31. The van der Waals surface area contributed by atoms with Gasteiger partial charge in [0.15, 0.2) is 0 Å². The van der Waals surface area contributed by atoms with Gasteiger partial charge in [0.05, 0.1) is 0 Å². The molecule has 88 valence electrons. The summed E-state index contributed by atoms with van der Waals surface area (Å²) in [6.07, 6.45) is 0. The highest BCUT2D eigenvalue weighted by Crippen LogP contribution is 2.25. The highest BCUT2D eigenvalue weighted by Gasteiger charge is 2.42. The predicted octanol–water partition coefficient (Wildman–Crippen LogP) is 2.69. The molecule has 0 saturated carbocycles. The van der Waals surface area contributed by atoms with Crippen LogP contribution in [0.15, 0.2) is 36.4 Å². The number of hydrogen-bond donors (Lipinski definition) is 0. The second-order valence-electron chi connectivity index (χ2n) is 5.83. The molecular weight excluding hydrogens is 240 g/mol. The van der Waals surface area contributed by atoms with Crippen molar-refractivity contribution in [2.45, 2.75) is 26.2 Å². The monoisotopic (exact) mass is 258 g/mol. The van der Waals surface area contributed by atoms with Crippen LogP contribution in [0.1, 0.15) is 0 Å². The van der Waals surface area contributed by atoms with E-state index < -0.39 is 16.6 Å². The van der Waals surface area contributed by atoms with E-state index in [-0.39, 0.29) is 0 Å². The summed E-state index contributed by atoms with van der Waals surface area (Å²) in [5.74, 6) is 0. The molecular formula is C14H18OSi2. The first-order valence-corrected chi connectivity index (χ1v) is 12.0. The maximum atomic E-state index is 6.56. The van der Waals surface area contributed by atoms with E-state index in [2.05, 4.69) is 62.6 Å². The van der Waals surface area contributed by atoms with Gasteiger partial charge in [0.25, 0.3) is 0 Å². The van der Waals surface area contributed by atoms with E-state index >= 15 is 0 Å². The molecule has 1 nitrogen and oxygen atoms in total. The van der Waals surface area contributed by atoms with Crippen LogP contribution in [0.5, 0.6) is 0 Å². The van der Waals surface area contributed by atoms with Crippen molar-refractivity contribution >= 4 is 37.8 Å². The number of rotatable bonds is 0. The molecule has 1 aliphatic rings. The van der Waals surface area contributed by atoms with Crippen LogP contribution in [0.4, 0.5) is 0 Å². The standard InChI is InChI=1S/C14H18OSi2/c1-16(2)12-9-5-7-11-8-6-10-13(14(11)12)17(3,4)15-16/h5-10H,1-4H3. The fourth-order valence-corrected chi connectivity index (χ4v) is 12.0. The van der Waals surface area contributed by atoms with E-state index in [9.17, 15) is 0 Å². The third kappa shape index (κ3) is 1.53. The maximum absolute atomic E-state index is 6.56. The van der Waals surface area contributed by atoms with Crippen LogP contribution in [-0.2, 0) is 4.12 Å². The molecule has 3 rings (SSSR count). The van der Waals surface area contributed by atoms with Gasteiger partial charge in [0.1, 0.15) is 0 Å². The molecule has 0 unspecified atom stereocenters. The molecule has 0 amide bonds. The van der Waals surface area contributed by atoms with Crippen LogP contribution in [0, 0.1) is 0 Å². The van der Waals surface area contributed by atoms with Crippen LogP contribution in [0.3, 0.4) is 0 Å². The first kappa shape index (κ1) is 11.2. The minimum absolute atomic E-state index is 1.38. The van der Waals surface area contributed by atoms with Crippen LogP contribution < -0.4 is 10.4 Å². The summed E-state index contributed by atoms with van der Waals surface area (Å²) in [5, 5.41) is 5.81. The summed E-state index contributed by atoms with van der Waals surface area (Å²) in [4.78, 5) is 0. The summed E-state index contributed by atoms with van der Waals surface area (Å²) in [6.45, 7) is 9.30. The second-order valence-corrected chi connectivity index (χ2v) is 13.8. The Bertz CT molecular complexity index is 553. The molecule has 0 aliphatic carbocycles. The van der Waals surface area contributed by atoms with Gasteiger partial charge in [0, 0.05) is 0 Å². The average Bonchev–Trinajstić information content (AvgIpc) is 2.24. The van der Waals surface area contributed by atoms with Gasteiger partial charge in [-0.2, -0.15) is 0 Å². The van der Waals surface area contributed by atoms with E-state index in [0.717, 1.165) is 0 Å². The van der Waals surface area contributed by atoms with Crippen molar-refractivity contribution in [1.29, 1.82) is 0 Å². The van der Waals surface area contributed by atoms with Crippen LogP contribution in [-0.4, -0.2) is 16.6 Å². The van der Waals surface area contributed by atoms with E-state index in [1.807, 2.05) is 0 Å². The van der Waals surface area contributed by atoms with Crippen LogP contribution in [0.25, 0.3) is 10.8 Å². The van der Waals surface area contributed by atoms with Gasteiger partial charge in [0.2, 0.25) is 16.6 Å². The molecule has 0 radical (unpaired) electrons. The molecule has 0 fully saturated rings. The van der Waals surface area contributed by atoms with Gasteiger partial charge in [-0.05, 0) is 47.3 Å². The lowest BCUT2D eigenvalue weighted by Gasteiger charge is -2.40. The fourth-order valence-electron chi connectivity index (χ4n) is 3.09. The quantitative estimate of drug-likeness (QED) is 0.660. The predicted molar refractivity (Wildman–Crippen MR) is 79.3 cm³/mol. The Morgan fingerprint density at radius 2 is 1.24 bits per heavy atom. The summed E-state index contributed by atoms with van der Waals surface area (Å²) in [5.41, 5.74) is 0. The molecule has 0 N–H and O–H groups in total. The maximum Gasteiger partial charge on any atom is 0.206 e. The van der Waals surface area contributed by atoms with Crippen molar-refractivity contribution in [3.63, 3.8) is 0 Å². The minimum Gasteiger partial charge on any atom is -0.449 e. The molecule has 0 aromatic heterocycles. The SMILES string of the molecule is C[Si]1(C)O[Si](C)(C)c2cccc3cccc1c23. The van der Waals surface area contributed by atoms with Crippen molar-refractivity contribution in [3.8, 4) is 0 Å². The van der Waals surface area contributed by atoms with E-state index in [0.29, 0.717) is 0 Å². The molecule has 3 heteroatoms. The molecule has 2 aromatic rings. The molecule has 2 aromatic carbocycles. The summed E-state index contributed by atoms with van der Waals surface area (Å²) >= 11 is 0. The molecule has 0 spiro atoms. The first-order chi connectivity index (χ1) is 7.92. The zero-order chi connectivity index (χ0) is 12.3. The number of benzene rings is 2. The third-order valence-corrected chi connectivity index (χ3v) is 11.2. The molecule has 0 saturated heterocycles.